The zero-order chi connectivity index (χ0) is 18.0. The lowest BCUT2D eigenvalue weighted by Gasteiger charge is -2.27. The van der Waals surface area contributed by atoms with E-state index in [1.807, 2.05) is 0 Å². The second-order valence-corrected chi connectivity index (χ2v) is 10.2. The van der Waals surface area contributed by atoms with Crippen LogP contribution >= 0.6 is 11.3 Å². The van der Waals surface area contributed by atoms with E-state index in [9.17, 15) is 16.8 Å². The molecule has 0 radical (unpaired) electrons. The van der Waals surface area contributed by atoms with Crippen molar-refractivity contribution in [1.29, 1.82) is 0 Å². The van der Waals surface area contributed by atoms with E-state index in [4.69, 9.17) is 5.48 Å². The van der Waals surface area contributed by atoms with E-state index in [2.05, 4.69) is 5.32 Å². The first-order valence-electron chi connectivity index (χ1n) is 7.47. The Labute approximate surface area is 123 Å². The molecule has 2 rings (SSSR count). The van der Waals surface area contributed by atoms with E-state index in [0.29, 0.717) is 11.3 Å². The molecule has 2 atom stereocenters. The lowest BCUT2D eigenvalue weighted by molar-refractivity contribution is 0.477. The Balaban J connectivity index is 2.84. The summed E-state index contributed by atoms with van der Waals surface area (Å²) in [6.07, 6.45) is 0.595. The second kappa shape index (κ2) is 4.83. The molecule has 0 spiro atoms. The van der Waals surface area contributed by atoms with Gasteiger partial charge in [-0.2, -0.15) is 0 Å². The third-order valence-corrected chi connectivity index (χ3v) is 8.32. The number of hydrogen-bond acceptors (Lipinski definition) is 6. The molecule has 0 unspecified atom stereocenters. The summed E-state index contributed by atoms with van der Waals surface area (Å²) in [5, 5.41) is 1.40. The van der Waals surface area contributed by atoms with Crippen molar-refractivity contribution >= 4 is 31.0 Å². The Morgan fingerprint density at radius 1 is 1.68 bits per heavy atom. The van der Waals surface area contributed by atoms with Gasteiger partial charge in [-0.3, -0.25) is 0 Å². The lowest BCUT2D eigenvalue weighted by atomic mass is 10.1. The number of sulfone groups is 2. The molecule has 0 fully saturated rings. The number of hydrogen-bond donors (Lipinski definition) is 1. The molecule has 0 aromatic carbocycles. The van der Waals surface area contributed by atoms with Gasteiger partial charge < -0.3 is 5.32 Å². The summed E-state index contributed by atoms with van der Waals surface area (Å²) in [5.74, 6) is 0. The summed E-state index contributed by atoms with van der Waals surface area (Å²) < 4.78 is 79.6. The topological polar surface area (TPSA) is 80.3 Å². The van der Waals surface area contributed by atoms with Crippen LogP contribution in [0.25, 0.3) is 0 Å². The maximum Gasteiger partial charge on any atom is 0.190 e. The Kier molecular flexibility index (Phi) is 2.62. The van der Waals surface area contributed by atoms with Gasteiger partial charge in [0.15, 0.2) is 19.7 Å². The molecule has 1 aromatic rings. The van der Waals surface area contributed by atoms with Crippen molar-refractivity contribution in [3.63, 3.8) is 0 Å². The van der Waals surface area contributed by atoms with Crippen LogP contribution in [0.3, 0.4) is 0 Å². The highest BCUT2D eigenvalue weighted by Gasteiger charge is 2.38. The summed E-state index contributed by atoms with van der Waals surface area (Å²) >= 11 is 0.462. The second-order valence-electron chi connectivity index (χ2n) is 4.36. The molecule has 0 saturated heterocycles. The van der Waals surface area contributed by atoms with Gasteiger partial charge in [-0.15, -0.1) is 11.3 Å². The van der Waals surface area contributed by atoms with Gasteiger partial charge in [0.2, 0.25) is 0 Å². The van der Waals surface area contributed by atoms with Crippen LogP contribution < -0.4 is 5.32 Å². The summed E-state index contributed by atoms with van der Waals surface area (Å²) in [4.78, 5) is 0. The SMILES string of the molecule is [2H]c1c(S(C)(=O)=O)sc2c1[C@@]([2H])(NC([2H])([2H])C)C[C@H](C)S2(=O)=O. The Hall–Kier alpha value is -0.440. The average Bonchev–Trinajstić information content (AvgIpc) is 2.63. The first-order valence-corrected chi connectivity index (χ1v) is 9.72. The van der Waals surface area contributed by atoms with Crippen LogP contribution in [0.2, 0.25) is 0 Å². The van der Waals surface area contributed by atoms with Crippen molar-refractivity contribution in [2.24, 2.45) is 0 Å². The van der Waals surface area contributed by atoms with Crippen LogP contribution in [-0.4, -0.2) is 34.8 Å². The molecule has 0 aliphatic carbocycles. The number of fused-ring (bicyclic) bond motifs is 1. The quantitative estimate of drug-likeness (QED) is 0.907. The van der Waals surface area contributed by atoms with Crippen LogP contribution in [0.5, 0.6) is 0 Å². The van der Waals surface area contributed by atoms with Crippen LogP contribution in [0.4, 0.5) is 0 Å². The summed E-state index contributed by atoms with van der Waals surface area (Å²) in [7, 11) is -7.69. The largest absolute Gasteiger partial charge is 0.310 e. The third kappa shape index (κ3) is 2.58. The molecule has 8 heteroatoms. The molecule has 1 N–H and O–H groups in total. The summed E-state index contributed by atoms with van der Waals surface area (Å²) in [5.41, 5.74) is -0.285. The minimum atomic E-state index is -3.86. The van der Waals surface area contributed by atoms with Crippen LogP contribution in [0.15, 0.2) is 14.5 Å². The van der Waals surface area contributed by atoms with Gasteiger partial charge in [0.25, 0.3) is 0 Å². The molecule has 0 saturated carbocycles. The molecular formula is C11H17NO4S3. The molecule has 1 aromatic heterocycles. The lowest BCUT2D eigenvalue weighted by Crippen LogP contribution is -2.33. The predicted molar refractivity (Wildman–Crippen MR) is 75.1 cm³/mol. The first kappa shape index (κ1) is 10.3. The minimum Gasteiger partial charge on any atom is -0.310 e. The maximum atomic E-state index is 12.5. The van der Waals surface area contributed by atoms with E-state index < -0.39 is 47.7 Å². The monoisotopic (exact) mass is 327 g/mol. The van der Waals surface area contributed by atoms with Gasteiger partial charge in [0, 0.05) is 15.0 Å². The van der Waals surface area contributed by atoms with Gasteiger partial charge >= 0.3 is 0 Å². The average molecular weight is 327 g/mol. The zero-order valence-corrected chi connectivity index (χ0v) is 13.1. The van der Waals surface area contributed by atoms with E-state index in [1.54, 1.807) is 0 Å². The third-order valence-electron chi connectivity index (χ3n) is 2.81. The number of thiophene rings is 1. The number of nitrogens with one attached hydrogen (secondary N) is 1. The molecule has 19 heavy (non-hydrogen) atoms. The molecule has 2 heterocycles. The van der Waals surface area contributed by atoms with Gasteiger partial charge in [-0.1, -0.05) is 6.92 Å². The van der Waals surface area contributed by atoms with Crippen LogP contribution in [-0.2, 0) is 19.7 Å². The molecule has 0 amide bonds. The predicted octanol–water partition coefficient (Wildman–Crippen LogP) is 1.37. The fourth-order valence-corrected chi connectivity index (χ4v) is 6.14. The summed E-state index contributed by atoms with van der Waals surface area (Å²) in [6.45, 7) is 0.557. The minimum absolute atomic E-state index is 0.276. The van der Waals surface area contributed by atoms with Gasteiger partial charge in [0.05, 0.1) is 7.99 Å². The summed E-state index contributed by atoms with van der Waals surface area (Å²) in [6, 6.07) is -2.44. The van der Waals surface area contributed by atoms with Crippen molar-refractivity contribution in [1.82, 2.24) is 5.32 Å². The van der Waals surface area contributed by atoms with Crippen molar-refractivity contribution in [3.05, 3.63) is 11.6 Å². The van der Waals surface area contributed by atoms with E-state index in [0.717, 1.165) is 6.26 Å². The maximum absolute atomic E-state index is 12.5. The van der Waals surface area contributed by atoms with Crippen molar-refractivity contribution in [3.8, 4) is 0 Å². The Morgan fingerprint density at radius 3 is 2.84 bits per heavy atom. The molecule has 5 nitrogen and oxygen atoms in total. The normalized spacial score (nSPS) is 33.7. The molecular weight excluding hydrogens is 306 g/mol. The van der Waals surface area contributed by atoms with Crippen molar-refractivity contribution in [2.75, 3.05) is 12.8 Å². The standard InChI is InChI=1S/C11H17NO4S3/c1-4-12-9-5-7(2)19(15,16)11-8(9)6-10(17-11)18(3,13)14/h6-7,9,12H,4-5H2,1-3H3/t7-,9-/m0/s1/i4D2,6D,9D. The fourth-order valence-electron chi connectivity index (χ4n) is 1.83. The van der Waals surface area contributed by atoms with Crippen LogP contribution in [0, 0.1) is 0 Å². The zero-order valence-electron chi connectivity index (χ0n) is 14.6. The fraction of sp³-hybridized carbons (Fsp3) is 0.636. The highest BCUT2D eigenvalue weighted by Crippen LogP contribution is 2.42. The number of rotatable bonds is 3. The molecule has 0 bridgehead atoms. The van der Waals surface area contributed by atoms with E-state index >= 15 is 0 Å². The molecule has 108 valence electrons. The Bertz CT molecular complexity index is 857. The van der Waals surface area contributed by atoms with E-state index in [1.165, 1.54) is 13.8 Å². The van der Waals surface area contributed by atoms with Gasteiger partial charge in [0.1, 0.15) is 8.42 Å². The Morgan fingerprint density at radius 2 is 2.32 bits per heavy atom. The first-order chi connectivity index (χ1) is 10.1. The highest BCUT2D eigenvalue weighted by atomic mass is 32.3. The highest BCUT2D eigenvalue weighted by molar-refractivity contribution is 7.96. The van der Waals surface area contributed by atoms with Gasteiger partial charge in [-0.05, 0) is 31.4 Å². The molecule has 1 aliphatic heterocycles. The van der Waals surface area contributed by atoms with Crippen molar-refractivity contribution < 1.29 is 22.3 Å². The van der Waals surface area contributed by atoms with E-state index in [-0.39, 0.29) is 16.2 Å². The molecule has 1 aliphatic rings. The van der Waals surface area contributed by atoms with Crippen molar-refractivity contribution in [2.45, 2.75) is 40.0 Å². The van der Waals surface area contributed by atoms with Gasteiger partial charge in [-0.25, -0.2) is 16.8 Å². The smallest absolute Gasteiger partial charge is 0.190 e. The van der Waals surface area contributed by atoms with Crippen LogP contribution in [0.1, 0.15) is 37.3 Å².